The highest BCUT2D eigenvalue weighted by Gasteiger charge is 2.29. The van der Waals surface area contributed by atoms with E-state index in [2.05, 4.69) is 20.9 Å². The molecule has 0 saturated carbocycles. The fraction of sp³-hybridized carbons (Fsp3) is 0.303. The van der Waals surface area contributed by atoms with Gasteiger partial charge in [-0.25, -0.2) is 9.59 Å². The van der Waals surface area contributed by atoms with Gasteiger partial charge in [0.1, 0.15) is 5.60 Å². The zero-order valence-corrected chi connectivity index (χ0v) is 24.7. The van der Waals surface area contributed by atoms with Gasteiger partial charge in [0, 0.05) is 30.9 Å². The molecule has 0 aliphatic carbocycles. The van der Waals surface area contributed by atoms with E-state index in [0.717, 1.165) is 16.8 Å². The molecule has 9 nitrogen and oxygen atoms in total. The van der Waals surface area contributed by atoms with Crippen molar-refractivity contribution in [3.05, 3.63) is 95.1 Å². The summed E-state index contributed by atoms with van der Waals surface area (Å²) in [5.41, 5.74) is 5.06. The summed E-state index contributed by atoms with van der Waals surface area (Å²) >= 11 is 0. The Bertz CT molecular complexity index is 1460. The van der Waals surface area contributed by atoms with E-state index in [1.165, 1.54) is 0 Å². The third-order valence-electron chi connectivity index (χ3n) is 6.43. The maximum absolute atomic E-state index is 13.3. The van der Waals surface area contributed by atoms with Crippen molar-refractivity contribution in [2.75, 3.05) is 37.4 Å². The van der Waals surface area contributed by atoms with Crippen molar-refractivity contribution in [1.29, 1.82) is 0 Å². The first-order chi connectivity index (χ1) is 20.0. The number of likely N-dealkylation sites (N-methyl/N-ethyl adjacent to an activating group) is 1. The summed E-state index contributed by atoms with van der Waals surface area (Å²) in [4.78, 5) is 39.5. The number of nitrogens with one attached hydrogen (secondary N) is 3. The van der Waals surface area contributed by atoms with E-state index in [9.17, 15) is 14.4 Å². The van der Waals surface area contributed by atoms with Gasteiger partial charge in [-0.3, -0.25) is 4.79 Å². The fourth-order valence-electron chi connectivity index (χ4n) is 4.54. The Kier molecular flexibility index (Phi) is 9.64. The van der Waals surface area contributed by atoms with Crippen LogP contribution < -0.4 is 16.0 Å². The van der Waals surface area contributed by atoms with Crippen molar-refractivity contribution in [3.63, 3.8) is 0 Å². The average Bonchev–Trinajstić information content (AvgIpc) is 3.27. The molecule has 0 radical (unpaired) electrons. The van der Waals surface area contributed by atoms with Crippen molar-refractivity contribution >= 4 is 40.6 Å². The van der Waals surface area contributed by atoms with Gasteiger partial charge in [0.05, 0.1) is 29.1 Å². The lowest BCUT2D eigenvalue weighted by atomic mass is 9.99. The van der Waals surface area contributed by atoms with Gasteiger partial charge >= 0.3 is 12.1 Å². The number of ether oxygens (including phenoxy) is 2. The molecule has 9 heteroatoms. The maximum Gasteiger partial charge on any atom is 0.407 e. The minimum absolute atomic E-state index is 0.254. The van der Waals surface area contributed by atoms with E-state index in [1.54, 1.807) is 25.1 Å². The maximum atomic E-state index is 13.3. The lowest BCUT2D eigenvalue weighted by Crippen LogP contribution is -2.36. The molecule has 0 aromatic heterocycles. The number of hydrogen-bond acceptors (Lipinski definition) is 7. The number of alkyl carbamates (subject to hydrolysis) is 1. The number of fused-ring (bicyclic) bond motifs is 1. The Morgan fingerprint density at radius 3 is 2.33 bits per heavy atom. The average molecular weight is 571 g/mol. The molecule has 1 heterocycles. The number of nitrogens with zero attached hydrogens (tertiary/aromatic N) is 1. The molecule has 42 heavy (non-hydrogen) atoms. The number of benzene rings is 3. The molecule has 0 saturated heterocycles. The molecule has 3 aromatic rings. The second-order valence-corrected chi connectivity index (χ2v) is 11.0. The van der Waals surface area contributed by atoms with E-state index < -0.39 is 17.7 Å². The lowest BCUT2D eigenvalue weighted by Gasteiger charge is -2.21. The summed E-state index contributed by atoms with van der Waals surface area (Å²) in [6.07, 6.45) is -0.423. The third kappa shape index (κ3) is 7.98. The molecular formula is C33H38N4O5. The van der Waals surface area contributed by atoms with Crippen LogP contribution in [0.15, 0.2) is 72.8 Å². The SMILES string of the molecule is CCOC(=O)c1ccc2c(c1)NC(=O)/C2=C(\Nc1ccc(CN(C)CCNC(=O)OC(C)(C)C)cc1)c1ccccc1. The van der Waals surface area contributed by atoms with Gasteiger partial charge in [0.25, 0.3) is 5.91 Å². The first-order valence-corrected chi connectivity index (χ1v) is 14.0. The van der Waals surface area contributed by atoms with Crippen molar-refractivity contribution in [2.45, 2.75) is 39.8 Å². The van der Waals surface area contributed by atoms with Gasteiger partial charge < -0.3 is 30.3 Å². The molecule has 0 atom stereocenters. The van der Waals surface area contributed by atoms with Crippen molar-refractivity contribution in [3.8, 4) is 0 Å². The Morgan fingerprint density at radius 2 is 1.67 bits per heavy atom. The molecule has 220 valence electrons. The predicted molar refractivity (Wildman–Crippen MR) is 165 cm³/mol. The molecule has 0 unspecified atom stereocenters. The zero-order valence-electron chi connectivity index (χ0n) is 24.7. The van der Waals surface area contributed by atoms with Crippen LogP contribution in [0.1, 0.15) is 54.7 Å². The molecule has 1 aliphatic heterocycles. The van der Waals surface area contributed by atoms with E-state index in [4.69, 9.17) is 9.47 Å². The quantitative estimate of drug-likeness (QED) is 0.210. The molecule has 3 aromatic carbocycles. The van der Waals surface area contributed by atoms with Crippen molar-refractivity contribution in [1.82, 2.24) is 10.2 Å². The molecular weight excluding hydrogens is 532 g/mol. The predicted octanol–water partition coefficient (Wildman–Crippen LogP) is 5.75. The minimum atomic E-state index is -0.527. The lowest BCUT2D eigenvalue weighted by molar-refractivity contribution is -0.110. The highest BCUT2D eigenvalue weighted by atomic mass is 16.6. The van der Waals surface area contributed by atoms with E-state index in [0.29, 0.717) is 47.7 Å². The number of hydrogen-bond donors (Lipinski definition) is 3. The number of anilines is 2. The summed E-state index contributed by atoms with van der Waals surface area (Å²) in [5, 5.41) is 9.15. The Labute approximate surface area is 246 Å². The number of carbonyl (C=O) groups is 3. The van der Waals surface area contributed by atoms with Crippen molar-refractivity contribution < 1.29 is 23.9 Å². The van der Waals surface area contributed by atoms with E-state index >= 15 is 0 Å². The van der Waals surface area contributed by atoms with Crippen molar-refractivity contribution in [2.24, 2.45) is 0 Å². The number of carbonyl (C=O) groups excluding carboxylic acids is 3. The Hall–Kier alpha value is -4.63. The summed E-state index contributed by atoms with van der Waals surface area (Å²) < 4.78 is 10.4. The minimum Gasteiger partial charge on any atom is -0.462 e. The molecule has 2 amide bonds. The van der Waals surface area contributed by atoms with Crippen LogP contribution in [-0.2, 0) is 20.8 Å². The number of rotatable bonds is 10. The van der Waals surface area contributed by atoms with Gasteiger partial charge in [-0.05, 0) is 70.1 Å². The van der Waals surface area contributed by atoms with Gasteiger partial charge in [-0.2, -0.15) is 0 Å². The summed E-state index contributed by atoms with van der Waals surface area (Å²) in [6, 6.07) is 22.8. The van der Waals surface area contributed by atoms with Crippen LogP contribution in [0, 0.1) is 0 Å². The Morgan fingerprint density at radius 1 is 0.952 bits per heavy atom. The van der Waals surface area contributed by atoms with Gasteiger partial charge in [0.15, 0.2) is 0 Å². The Balaban J connectivity index is 1.49. The molecule has 3 N–H and O–H groups in total. The van der Waals surface area contributed by atoms with E-state index in [1.807, 2.05) is 82.4 Å². The topological polar surface area (TPSA) is 109 Å². The van der Waals surface area contributed by atoms with Gasteiger partial charge in [-0.1, -0.05) is 48.5 Å². The van der Waals surface area contributed by atoms with Crippen LogP contribution in [0.3, 0.4) is 0 Å². The fourth-order valence-corrected chi connectivity index (χ4v) is 4.54. The molecule has 0 bridgehead atoms. The van der Waals surface area contributed by atoms with Crippen LogP contribution >= 0.6 is 0 Å². The smallest absolute Gasteiger partial charge is 0.407 e. The summed E-state index contributed by atoms with van der Waals surface area (Å²) in [7, 11) is 1.99. The van der Waals surface area contributed by atoms with Crippen LogP contribution in [0.25, 0.3) is 11.3 Å². The normalized spacial score (nSPS) is 13.7. The second-order valence-electron chi connectivity index (χ2n) is 11.0. The molecule has 4 rings (SSSR count). The summed E-state index contributed by atoms with van der Waals surface area (Å²) in [5.74, 6) is -0.686. The highest BCUT2D eigenvalue weighted by molar-refractivity contribution is 6.37. The third-order valence-corrected chi connectivity index (χ3v) is 6.43. The standard InChI is InChI=1S/C33H38N4O5/c1-6-41-31(39)24-14-17-26-27(20-24)36-30(38)28(26)29(23-10-8-7-9-11-23)35-25-15-12-22(13-16-25)21-37(5)19-18-34-32(40)42-33(2,3)4/h7-17,20,35H,6,18-19,21H2,1-5H3,(H,34,40)(H,36,38)/b29-28-. The molecule has 1 aliphatic rings. The monoisotopic (exact) mass is 570 g/mol. The zero-order chi connectivity index (χ0) is 30.3. The van der Waals surface area contributed by atoms with Gasteiger partial charge in [0.2, 0.25) is 0 Å². The summed E-state index contributed by atoms with van der Waals surface area (Å²) in [6.45, 7) is 9.36. The van der Waals surface area contributed by atoms with Crippen LogP contribution in [-0.4, -0.2) is 55.2 Å². The molecule has 0 spiro atoms. The van der Waals surface area contributed by atoms with Gasteiger partial charge in [-0.15, -0.1) is 0 Å². The van der Waals surface area contributed by atoms with E-state index in [-0.39, 0.29) is 12.5 Å². The number of esters is 1. The first kappa shape index (κ1) is 30.3. The number of amides is 2. The first-order valence-electron chi connectivity index (χ1n) is 14.0. The molecule has 0 fully saturated rings. The van der Waals surface area contributed by atoms with Crippen LogP contribution in [0.5, 0.6) is 0 Å². The van der Waals surface area contributed by atoms with Crippen LogP contribution in [0.2, 0.25) is 0 Å². The highest BCUT2D eigenvalue weighted by Crippen LogP contribution is 2.38. The largest absolute Gasteiger partial charge is 0.462 e. The second kappa shape index (κ2) is 13.4. The van der Waals surface area contributed by atoms with Crippen LogP contribution in [0.4, 0.5) is 16.2 Å².